The number of fused-ring (bicyclic) bond motifs is 1. The van der Waals surface area contributed by atoms with Gasteiger partial charge in [-0.1, -0.05) is 30.3 Å². The van der Waals surface area contributed by atoms with E-state index in [0.29, 0.717) is 22.8 Å². The molecule has 0 bridgehead atoms. The van der Waals surface area contributed by atoms with E-state index in [1.54, 1.807) is 12.3 Å². The number of hydrogen-bond donors (Lipinski definition) is 3. The minimum Gasteiger partial charge on any atom is -0.399 e. The van der Waals surface area contributed by atoms with Gasteiger partial charge in [0.1, 0.15) is 5.82 Å². The van der Waals surface area contributed by atoms with Gasteiger partial charge in [0.25, 0.3) is 5.91 Å². The van der Waals surface area contributed by atoms with Crippen molar-refractivity contribution in [2.24, 2.45) is 0 Å². The van der Waals surface area contributed by atoms with Gasteiger partial charge in [0, 0.05) is 27.6 Å². The Morgan fingerprint density at radius 1 is 1.08 bits per heavy atom. The summed E-state index contributed by atoms with van der Waals surface area (Å²) < 4.78 is 0.883. The van der Waals surface area contributed by atoms with E-state index in [1.807, 2.05) is 54.6 Å². The summed E-state index contributed by atoms with van der Waals surface area (Å²) >= 11 is 3.38. The third-order valence-electron chi connectivity index (χ3n) is 4.08. The predicted molar refractivity (Wildman–Crippen MR) is 108 cm³/mol. The van der Waals surface area contributed by atoms with Crippen LogP contribution in [0.25, 0.3) is 11.3 Å². The molecule has 0 saturated carbocycles. The van der Waals surface area contributed by atoms with Crippen molar-refractivity contribution < 1.29 is 4.79 Å². The van der Waals surface area contributed by atoms with Crippen molar-refractivity contribution in [2.45, 2.75) is 0 Å². The van der Waals surface area contributed by atoms with E-state index < -0.39 is 0 Å². The average molecular weight is 407 g/mol. The van der Waals surface area contributed by atoms with Gasteiger partial charge in [-0.2, -0.15) is 0 Å². The maximum Gasteiger partial charge on any atom is 0.258 e. The second-order valence-electron chi connectivity index (χ2n) is 5.86. The van der Waals surface area contributed by atoms with Crippen LogP contribution in [0, 0.1) is 0 Å². The lowest BCUT2D eigenvalue weighted by molar-refractivity contribution is -0.110. The van der Waals surface area contributed by atoms with Gasteiger partial charge in [-0.05, 0) is 51.8 Å². The van der Waals surface area contributed by atoms with Crippen molar-refractivity contribution in [1.82, 2.24) is 4.98 Å². The Morgan fingerprint density at radius 2 is 1.88 bits per heavy atom. The Bertz CT molecular complexity index is 1010. The van der Waals surface area contributed by atoms with Crippen LogP contribution in [-0.2, 0) is 4.79 Å². The van der Waals surface area contributed by atoms with E-state index in [2.05, 4.69) is 31.5 Å². The number of nitrogens with one attached hydrogen (secondary N) is 2. The molecule has 1 amide bonds. The SMILES string of the molecule is Nc1ccc2c(c1)/C(=C(/Nc1ccc(Br)cn1)c1ccccc1)C(=O)N2. The number of amides is 1. The number of pyridine rings is 1. The number of nitrogens with zero attached hydrogens (tertiary/aromatic N) is 1. The maximum atomic E-state index is 12.7. The molecule has 0 fully saturated rings. The largest absolute Gasteiger partial charge is 0.399 e. The molecule has 6 heteroatoms. The van der Waals surface area contributed by atoms with Crippen molar-refractivity contribution in [1.29, 1.82) is 0 Å². The van der Waals surface area contributed by atoms with Gasteiger partial charge in [-0.25, -0.2) is 4.98 Å². The van der Waals surface area contributed by atoms with Crippen LogP contribution in [0.4, 0.5) is 17.2 Å². The molecule has 0 radical (unpaired) electrons. The summed E-state index contributed by atoms with van der Waals surface area (Å²) in [7, 11) is 0. The first-order valence-corrected chi connectivity index (χ1v) is 8.80. The predicted octanol–water partition coefficient (Wildman–Crippen LogP) is 4.36. The summed E-state index contributed by atoms with van der Waals surface area (Å²) in [5, 5.41) is 6.20. The van der Waals surface area contributed by atoms with Crippen LogP contribution in [0.3, 0.4) is 0 Å². The number of rotatable bonds is 3. The molecule has 0 spiro atoms. The highest BCUT2D eigenvalue weighted by atomic mass is 79.9. The van der Waals surface area contributed by atoms with E-state index in [-0.39, 0.29) is 5.91 Å². The monoisotopic (exact) mass is 406 g/mol. The lowest BCUT2D eigenvalue weighted by Crippen LogP contribution is -2.10. The van der Waals surface area contributed by atoms with Crippen LogP contribution < -0.4 is 16.4 Å². The number of benzene rings is 2. The van der Waals surface area contributed by atoms with Crippen LogP contribution in [0.1, 0.15) is 11.1 Å². The molecule has 1 aromatic heterocycles. The zero-order valence-corrected chi connectivity index (χ0v) is 15.2. The minimum absolute atomic E-state index is 0.172. The zero-order valence-electron chi connectivity index (χ0n) is 13.7. The number of halogens is 1. The molecule has 5 nitrogen and oxygen atoms in total. The first-order chi connectivity index (χ1) is 12.6. The molecular weight excluding hydrogens is 392 g/mol. The van der Waals surface area contributed by atoms with Gasteiger partial charge >= 0.3 is 0 Å². The van der Waals surface area contributed by atoms with Gasteiger partial charge in [0.05, 0.1) is 11.3 Å². The molecule has 1 aliphatic heterocycles. The zero-order chi connectivity index (χ0) is 18.1. The molecule has 0 unspecified atom stereocenters. The van der Waals surface area contributed by atoms with Gasteiger partial charge in [-0.15, -0.1) is 0 Å². The highest BCUT2D eigenvalue weighted by Gasteiger charge is 2.28. The van der Waals surface area contributed by atoms with E-state index in [4.69, 9.17) is 5.73 Å². The van der Waals surface area contributed by atoms with Crippen molar-refractivity contribution in [3.05, 3.63) is 82.5 Å². The number of anilines is 3. The van der Waals surface area contributed by atoms with Crippen LogP contribution in [0.5, 0.6) is 0 Å². The number of nitrogens with two attached hydrogens (primary N) is 1. The Morgan fingerprint density at radius 3 is 2.62 bits per heavy atom. The lowest BCUT2D eigenvalue weighted by Gasteiger charge is -2.14. The normalized spacial score (nSPS) is 14.6. The maximum absolute atomic E-state index is 12.7. The van der Waals surface area contributed by atoms with E-state index in [1.165, 1.54) is 0 Å². The van der Waals surface area contributed by atoms with Crippen molar-refractivity contribution in [3.63, 3.8) is 0 Å². The number of aromatic nitrogens is 1. The lowest BCUT2D eigenvalue weighted by atomic mass is 10.00. The standard InChI is InChI=1S/C20H15BrN4O/c21-13-6-9-17(23-11-13)25-19(12-4-2-1-3-5-12)18-15-10-14(22)7-8-16(15)24-20(18)26/h1-11H,22H2,(H,23,25)(H,24,26)/b19-18-. The molecule has 3 aromatic rings. The average Bonchev–Trinajstić information content (AvgIpc) is 2.97. The van der Waals surface area contributed by atoms with E-state index in [0.717, 1.165) is 21.3 Å². The Balaban J connectivity index is 1.91. The number of nitrogen functional groups attached to an aromatic ring is 1. The van der Waals surface area contributed by atoms with Crippen LogP contribution in [-0.4, -0.2) is 10.9 Å². The number of carbonyl (C=O) groups excluding carboxylic acids is 1. The van der Waals surface area contributed by atoms with Crippen molar-refractivity contribution >= 4 is 50.3 Å². The molecule has 2 heterocycles. The van der Waals surface area contributed by atoms with Crippen molar-refractivity contribution in [3.8, 4) is 0 Å². The first-order valence-electron chi connectivity index (χ1n) is 8.01. The molecule has 26 heavy (non-hydrogen) atoms. The summed E-state index contributed by atoms with van der Waals surface area (Å²) in [4.78, 5) is 17.1. The van der Waals surface area contributed by atoms with Crippen LogP contribution in [0.15, 0.2) is 71.3 Å². The fourth-order valence-electron chi connectivity index (χ4n) is 2.89. The summed E-state index contributed by atoms with van der Waals surface area (Å²) in [5.74, 6) is 0.471. The van der Waals surface area contributed by atoms with Gasteiger partial charge < -0.3 is 16.4 Å². The quantitative estimate of drug-likeness (QED) is 0.445. The molecule has 1 aliphatic rings. The molecular formula is C20H15BrN4O. The molecule has 4 rings (SSSR count). The second kappa shape index (κ2) is 6.65. The topological polar surface area (TPSA) is 80.0 Å². The van der Waals surface area contributed by atoms with Crippen LogP contribution in [0.2, 0.25) is 0 Å². The molecule has 128 valence electrons. The third-order valence-corrected chi connectivity index (χ3v) is 4.55. The minimum atomic E-state index is -0.172. The number of hydrogen-bond acceptors (Lipinski definition) is 4. The highest BCUT2D eigenvalue weighted by Crippen LogP contribution is 2.38. The smallest absolute Gasteiger partial charge is 0.258 e. The molecule has 0 aliphatic carbocycles. The number of carbonyl (C=O) groups is 1. The summed E-state index contributed by atoms with van der Waals surface area (Å²) in [6.07, 6.45) is 1.70. The van der Waals surface area contributed by atoms with Gasteiger partial charge in [-0.3, -0.25) is 4.79 Å². The molecule has 2 aromatic carbocycles. The first kappa shape index (κ1) is 16.4. The summed E-state index contributed by atoms with van der Waals surface area (Å²) in [6.45, 7) is 0. The van der Waals surface area contributed by atoms with Crippen LogP contribution >= 0.6 is 15.9 Å². The fourth-order valence-corrected chi connectivity index (χ4v) is 3.13. The molecule has 0 atom stereocenters. The van der Waals surface area contributed by atoms with Gasteiger partial charge in [0.2, 0.25) is 0 Å². The Hall–Kier alpha value is -3.12. The summed E-state index contributed by atoms with van der Waals surface area (Å²) in [6, 6.07) is 18.8. The highest BCUT2D eigenvalue weighted by molar-refractivity contribution is 9.10. The summed E-state index contributed by atoms with van der Waals surface area (Å²) in [5.41, 5.74) is 10.2. The molecule has 4 N–H and O–H groups in total. The Kier molecular flexibility index (Phi) is 4.18. The van der Waals surface area contributed by atoms with Crippen molar-refractivity contribution in [2.75, 3.05) is 16.4 Å². The second-order valence-corrected chi connectivity index (χ2v) is 6.78. The fraction of sp³-hybridized carbons (Fsp3) is 0. The van der Waals surface area contributed by atoms with E-state index in [9.17, 15) is 4.79 Å². The van der Waals surface area contributed by atoms with E-state index >= 15 is 0 Å². The third kappa shape index (κ3) is 3.07. The Labute approximate surface area is 159 Å². The van der Waals surface area contributed by atoms with Gasteiger partial charge in [0.15, 0.2) is 0 Å². The molecule has 0 saturated heterocycles.